The van der Waals surface area contributed by atoms with Crippen LogP contribution >= 0.6 is 0 Å². The third-order valence-corrected chi connectivity index (χ3v) is 6.55. The van der Waals surface area contributed by atoms with Crippen molar-refractivity contribution >= 4 is 27.9 Å². The van der Waals surface area contributed by atoms with Gasteiger partial charge < -0.3 is 10.5 Å². The fraction of sp³-hybridized carbons (Fsp3) is 0.190. The van der Waals surface area contributed by atoms with E-state index < -0.39 is 33.0 Å². The van der Waals surface area contributed by atoms with E-state index in [0.717, 1.165) is 22.6 Å². The first kappa shape index (κ1) is 22.9. The Morgan fingerprint density at radius 1 is 1.44 bits per heavy atom. The minimum Gasteiger partial charge on any atom is -0.463 e. The van der Waals surface area contributed by atoms with Crippen LogP contribution in [0, 0.1) is 18.2 Å². The highest BCUT2D eigenvalue weighted by Gasteiger charge is 2.43. The standard InChI is InChI=1S/C21H19F2N5O3S/c1-4-8-31-19-12-25-18(11-26-19)17(23)10-14-6-7-16(22)15(9-14)21(5-2)13-32(29,30)28(3)20(24)27-21/h1,5-7,9-12H,2,8,13H2,3H3,(H2,24,27)/b17-10-/t21-/m0/s1. The molecule has 0 aliphatic carbocycles. The maximum Gasteiger partial charge on any atom is 0.240 e. The van der Waals surface area contributed by atoms with Crippen LogP contribution in [0.4, 0.5) is 8.78 Å². The van der Waals surface area contributed by atoms with Gasteiger partial charge in [-0.2, -0.15) is 0 Å². The Kier molecular flexibility index (Phi) is 6.27. The lowest BCUT2D eigenvalue weighted by atomic mass is 9.90. The summed E-state index contributed by atoms with van der Waals surface area (Å²) in [6.45, 7) is 3.62. The molecule has 2 heterocycles. The predicted molar refractivity (Wildman–Crippen MR) is 117 cm³/mol. The van der Waals surface area contributed by atoms with Crippen molar-refractivity contribution in [2.75, 3.05) is 19.4 Å². The van der Waals surface area contributed by atoms with E-state index in [1.165, 1.54) is 31.5 Å². The summed E-state index contributed by atoms with van der Waals surface area (Å²) in [6, 6.07) is 3.69. The van der Waals surface area contributed by atoms with Crippen LogP contribution in [0.5, 0.6) is 5.88 Å². The maximum absolute atomic E-state index is 14.7. The molecule has 11 heteroatoms. The molecule has 0 bridgehead atoms. The molecule has 0 unspecified atom stereocenters. The van der Waals surface area contributed by atoms with E-state index in [1.807, 2.05) is 0 Å². The van der Waals surface area contributed by atoms with Gasteiger partial charge in [0.1, 0.15) is 22.8 Å². The van der Waals surface area contributed by atoms with Crippen molar-refractivity contribution in [1.82, 2.24) is 14.3 Å². The van der Waals surface area contributed by atoms with Gasteiger partial charge in [0.05, 0.1) is 12.4 Å². The SMILES string of the molecule is C#CCOc1cnc(/C(F)=C/c2ccc(F)c([C@]3(C=C)CS(=O)(=O)N(C)C(N)=N3)c2)cn1. The van der Waals surface area contributed by atoms with Crippen molar-refractivity contribution in [3.8, 4) is 18.2 Å². The largest absolute Gasteiger partial charge is 0.463 e. The fourth-order valence-corrected chi connectivity index (χ4v) is 4.40. The highest BCUT2D eigenvalue weighted by atomic mass is 32.2. The van der Waals surface area contributed by atoms with E-state index >= 15 is 0 Å². The van der Waals surface area contributed by atoms with E-state index in [1.54, 1.807) is 0 Å². The van der Waals surface area contributed by atoms with Gasteiger partial charge in [0, 0.05) is 12.6 Å². The number of ether oxygens (including phenoxy) is 1. The van der Waals surface area contributed by atoms with Gasteiger partial charge >= 0.3 is 0 Å². The Morgan fingerprint density at radius 2 is 2.19 bits per heavy atom. The smallest absolute Gasteiger partial charge is 0.240 e. The van der Waals surface area contributed by atoms with Gasteiger partial charge in [-0.05, 0) is 23.8 Å². The second-order valence-corrected chi connectivity index (χ2v) is 8.79. The maximum atomic E-state index is 14.7. The van der Waals surface area contributed by atoms with Gasteiger partial charge in [0.15, 0.2) is 12.4 Å². The Hall–Kier alpha value is -3.78. The minimum atomic E-state index is -3.88. The first-order valence-electron chi connectivity index (χ1n) is 9.13. The molecule has 1 aromatic carbocycles. The van der Waals surface area contributed by atoms with E-state index in [2.05, 4.69) is 27.5 Å². The molecule has 0 saturated heterocycles. The van der Waals surface area contributed by atoms with E-state index in [4.69, 9.17) is 16.9 Å². The molecule has 8 nitrogen and oxygen atoms in total. The molecule has 0 fully saturated rings. The Morgan fingerprint density at radius 3 is 2.78 bits per heavy atom. The van der Waals surface area contributed by atoms with Gasteiger partial charge in [-0.1, -0.05) is 18.1 Å². The molecule has 166 valence electrons. The van der Waals surface area contributed by atoms with E-state index in [9.17, 15) is 17.2 Å². The van der Waals surface area contributed by atoms with Gasteiger partial charge in [0.25, 0.3) is 0 Å². The van der Waals surface area contributed by atoms with Crippen molar-refractivity contribution in [1.29, 1.82) is 0 Å². The molecule has 32 heavy (non-hydrogen) atoms. The summed E-state index contributed by atoms with van der Waals surface area (Å²) in [5.74, 6) is 0.00403. The zero-order chi connectivity index (χ0) is 23.5. The van der Waals surface area contributed by atoms with E-state index in [0.29, 0.717) is 0 Å². The van der Waals surface area contributed by atoms with Crippen LogP contribution in [-0.4, -0.2) is 48.1 Å². The number of rotatable bonds is 6. The highest BCUT2D eigenvalue weighted by Crippen LogP contribution is 2.36. The number of nitrogens with two attached hydrogens (primary N) is 1. The first-order valence-corrected chi connectivity index (χ1v) is 10.7. The molecule has 1 aliphatic rings. The fourth-order valence-electron chi connectivity index (χ4n) is 2.99. The summed E-state index contributed by atoms with van der Waals surface area (Å²) in [5.41, 5.74) is 4.11. The normalized spacial score (nSPS) is 20.2. The number of guanidine groups is 1. The number of halogens is 2. The average Bonchev–Trinajstić information content (AvgIpc) is 2.77. The van der Waals surface area contributed by atoms with Gasteiger partial charge in [0.2, 0.25) is 21.9 Å². The summed E-state index contributed by atoms with van der Waals surface area (Å²) in [4.78, 5) is 12.0. The molecule has 2 aromatic rings. The lowest BCUT2D eigenvalue weighted by molar-refractivity contribution is 0.353. The Bertz CT molecular complexity index is 1250. The molecule has 0 saturated carbocycles. The summed E-state index contributed by atoms with van der Waals surface area (Å²) in [7, 11) is -2.63. The average molecular weight is 459 g/mol. The zero-order valence-electron chi connectivity index (χ0n) is 17.0. The summed E-state index contributed by atoms with van der Waals surface area (Å²) < 4.78 is 60.3. The van der Waals surface area contributed by atoms with E-state index in [-0.39, 0.29) is 35.3 Å². The van der Waals surface area contributed by atoms with Crippen molar-refractivity contribution in [3.05, 3.63) is 65.9 Å². The number of benzene rings is 1. The molecule has 0 amide bonds. The Labute approximate surface area is 184 Å². The number of terminal acetylenes is 1. The molecule has 1 aromatic heterocycles. The van der Waals surface area contributed by atoms with Crippen LogP contribution in [0.15, 0.2) is 48.2 Å². The van der Waals surface area contributed by atoms with Gasteiger partial charge in [-0.3, -0.25) is 0 Å². The van der Waals surface area contributed by atoms with Crippen LogP contribution in [0.2, 0.25) is 0 Å². The van der Waals surface area contributed by atoms with Crippen LogP contribution in [0.3, 0.4) is 0 Å². The first-order chi connectivity index (χ1) is 15.1. The second-order valence-electron chi connectivity index (χ2n) is 6.79. The van der Waals surface area contributed by atoms with Crippen molar-refractivity contribution < 1.29 is 21.9 Å². The molecule has 3 rings (SSSR count). The quantitative estimate of drug-likeness (QED) is 0.523. The molecular formula is C21H19F2N5O3S. The Balaban J connectivity index is 2.00. The summed E-state index contributed by atoms with van der Waals surface area (Å²) in [6.07, 6.45) is 9.76. The molecular weight excluding hydrogens is 440 g/mol. The van der Waals surface area contributed by atoms with Gasteiger partial charge in [-0.25, -0.2) is 36.5 Å². The van der Waals surface area contributed by atoms with Crippen molar-refractivity contribution in [2.24, 2.45) is 10.7 Å². The van der Waals surface area contributed by atoms with Crippen molar-refractivity contribution in [2.45, 2.75) is 5.54 Å². The predicted octanol–water partition coefficient (Wildman–Crippen LogP) is 2.07. The molecule has 1 aliphatic heterocycles. The minimum absolute atomic E-state index is 0.00569. The topological polar surface area (TPSA) is 111 Å². The molecule has 1 atom stereocenters. The second kappa shape index (κ2) is 8.76. The number of sulfonamides is 1. The van der Waals surface area contributed by atoms with Gasteiger partial charge in [-0.15, -0.1) is 13.0 Å². The number of hydrogen-bond donors (Lipinski definition) is 1. The lowest BCUT2D eigenvalue weighted by Gasteiger charge is -2.35. The number of nitrogens with zero attached hydrogens (tertiary/aromatic N) is 4. The van der Waals surface area contributed by atoms with Crippen molar-refractivity contribution in [3.63, 3.8) is 0 Å². The van der Waals surface area contributed by atoms with Crippen LogP contribution in [0.25, 0.3) is 11.9 Å². The summed E-state index contributed by atoms with van der Waals surface area (Å²) >= 11 is 0. The summed E-state index contributed by atoms with van der Waals surface area (Å²) in [5, 5.41) is 0. The van der Waals surface area contributed by atoms with Crippen LogP contribution in [-0.2, 0) is 15.6 Å². The third-order valence-electron chi connectivity index (χ3n) is 4.72. The number of aliphatic imine (C=N–C) groups is 1. The zero-order valence-corrected chi connectivity index (χ0v) is 17.8. The number of hydrogen-bond acceptors (Lipinski definition) is 7. The van der Waals surface area contributed by atoms with Crippen LogP contribution in [0.1, 0.15) is 16.8 Å². The highest BCUT2D eigenvalue weighted by molar-refractivity contribution is 7.89. The molecule has 0 spiro atoms. The lowest BCUT2D eigenvalue weighted by Crippen LogP contribution is -2.50. The van der Waals surface area contributed by atoms with Crippen LogP contribution < -0.4 is 10.5 Å². The number of aromatic nitrogens is 2. The molecule has 2 N–H and O–H groups in total. The molecule has 0 radical (unpaired) electrons. The monoisotopic (exact) mass is 459 g/mol. The third kappa shape index (κ3) is 4.45.